The SMILES string of the molecule is N#Cc1ccc(Oc2ccc(-c3ccc(Oc4ccc(C#N)c(C#N)c4)cc3)cc2)cc1C#N.N#Cc1ccc(Oc2ccc(-c3ccc(Oc4ccc(C#N)c(C#N)c4)cc3)cc2)cc1C#N. The number of nitrogens with zero attached hydrogens (tertiary/aromatic N) is 8. The molecule has 316 valence electrons. The highest BCUT2D eigenvalue weighted by molar-refractivity contribution is 5.67. The molecule has 0 heterocycles. The van der Waals surface area contributed by atoms with Gasteiger partial charge < -0.3 is 18.9 Å². The molecule has 0 radical (unpaired) electrons. The molecule has 0 N–H and O–H groups in total. The summed E-state index contributed by atoms with van der Waals surface area (Å²) in [7, 11) is 0. The van der Waals surface area contributed by atoms with Crippen molar-refractivity contribution in [3.8, 4) is 117 Å². The molecular formula is C56H28N8O4. The van der Waals surface area contributed by atoms with Crippen molar-refractivity contribution in [1.29, 1.82) is 42.1 Å². The number of ether oxygens (including phenoxy) is 4. The van der Waals surface area contributed by atoms with Crippen molar-refractivity contribution in [2.45, 2.75) is 0 Å². The molecular weight excluding hydrogens is 849 g/mol. The minimum Gasteiger partial charge on any atom is -0.457 e. The minimum absolute atomic E-state index is 0.267. The Hall–Kier alpha value is -11.1. The molecule has 68 heavy (non-hydrogen) atoms. The molecule has 0 saturated heterocycles. The second kappa shape index (κ2) is 21.3. The first-order chi connectivity index (χ1) is 33.3. The molecule has 0 atom stereocenters. The molecule has 0 fully saturated rings. The fourth-order valence-corrected chi connectivity index (χ4v) is 6.51. The lowest BCUT2D eigenvalue weighted by molar-refractivity contribution is 0.482. The van der Waals surface area contributed by atoms with Crippen LogP contribution in [0, 0.1) is 90.6 Å². The summed E-state index contributed by atoms with van der Waals surface area (Å²) in [6.45, 7) is 0. The fourth-order valence-electron chi connectivity index (χ4n) is 6.51. The van der Waals surface area contributed by atoms with E-state index >= 15 is 0 Å². The van der Waals surface area contributed by atoms with Gasteiger partial charge in [-0.25, -0.2) is 0 Å². The van der Waals surface area contributed by atoms with Crippen LogP contribution in [0.1, 0.15) is 44.5 Å². The molecule has 12 heteroatoms. The quantitative estimate of drug-likeness (QED) is 0.125. The summed E-state index contributed by atoms with van der Waals surface area (Å²) < 4.78 is 23.2. The Morgan fingerprint density at radius 1 is 0.191 bits per heavy atom. The first-order valence-corrected chi connectivity index (χ1v) is 20.2. The molecule has 12 nitrogen and oxygen atoms in total. The van der Waals surface area contributed by atoms with Crippen molar-refractivity contribution >= 4 is 0 Å². The molecule has 0 aromatic heterocycles. The first kappa shape index (κ1) is 44.9. The van der Waals surface area contributed by atoms with Gasteiger partial charge in [0.25, 0.3) is 0 Å². The molecule has 0 aliphatic rings. The van der Waals surface area contributed by atoms with Crippen LogP contribution >= 0.6 is 0 Å². The Labute approximate surface area is 390 Å². The number of hydrogen-bond acceptors (Lipinski definition) is 12. The van der Waals surface area contributed by atoms with Crippen LogP contribution in [0.2, 0.25) is 0 Å². The highest BCUT2D eigenvalue weighted by Crippen LogP contribution is 2.32. The van der Waals surface area contributed by atoms with Crippen LogP contribution in [0.25, 0.3) is 22.3 Å². The Morgan fingerprint density at radius 2 is 0.353 bits per heavy atom. The van der Waals surface area contributed by atoms with Crippen molar-refractivity contribution in [2.24, 2.45) is 0 Å². The zero-order chi connectivity index (χ0) is 47.8. The van der Waals surface area contributed by atoms with Crippen molar-refractivity contribution in [3.05, 3.63) is 214 Å². The molecule has 0 amide bonds. The van der Waals surface area contributed by atoms with Crippen LogP contribution in [-0.2, 0) is 0 Å². The molecule has 0 spiro atoms. The lowest BCUT2D eigenvalue weighted by Crippen LogP contribution is -1.89. The Morgan fingerprint density at radius 3 is 0.515 bits per heavy atom. The average molecular weight is 877 g/mol. The van der Waals surface area contributed by atoms with Gasteiger partial charge in [-0.15, -0.1) is 0 Å². The topological polar surface area (TPSA) is 227 Å². The number of benzene rings is 8. The van der Waals surface area contributed by atoms with Crippen LogP contribution in [0.3, 0.4) is 0 Å². The molecule has 0 aliphatic heterocycles. The van der Waals surface area contributed by atoms with E-state index in [0.717, 1.165) is 22.3 Å². The van der Waals surface area contributed by atoms with Gasteiger partial charge in [-0.3, -0.25) is 0 Å². The van der Waals surface area contributed by atoms with Gasteiger partial charge in [0.15, 0.2) is 0 Å². The molecule has 0 bridgehead atoms. The summed E-state index contributed by atoms with van der Waals surface area (Å²) in [6, 6.07) is 64.8. The Balaban J connectivity index is 0.000000201. The predicted octanol–water partition coefficient (Wildman–Crippen LogP) is 12.8. The lowest BCUT2D eigenvalue weighted by Gasteiger charge is -2.09. The standard InChI is InChI=1S/2C28H14N4O2/c2*29-15-21-5-11-27(13-23(21)17-31)33-25-7-1-19(2-8-25)20-3-9-26(10-4-20)34-28-12-6-22(16-30)24(14-28)18-32/h2*1-14H. The highest BCUT2D eigenvalue weighted by atomic mass is 16.5. The van der Waals surface area contributed by atoms with Crippen molar-refractivity contribution in [2.75, 3.05) is 0 Å². The van der Waals surface area contributed by atoms with Crippen LogP contribution in [0.15, 0.2) is 170 Å². The van der Waals surface area contributed by atoms with E-state index in [9.17, 15) is 0 Å². The van der Waals surface area contributed by atoms with Gasteiger partial charge in [0.05, 0.1) is 44.5 Å². The van der Waals surface area contributed by atoms with Crippen LogP contribution in [0.4, 0.5) is 0 Å². The number of rotatable bonds is 10. The van der Waals surface area contributed by atoms with E-state index in [1.807, 2.05) is 146 Å². The van der Waals surface area contributed by atoms with Crippen LogP contribution < -0.4 is 18.9 Å². The van der Waals surface area contributed by atoms with E-state index in [4.69, 9.17) is 61.0 Å². The van der Waals surface area contributed by atoms with Gasteiger partial charge in [-0.1, -0.05) is 48.5 Å². The maximum absolute atomic E-state index is 9.16. The fraction of sp³-hybridized carbons (Fsp3) is 0. The zero-order valence-corrected chi connectivity index (χ0v) is 35.4. The van der Waals surface area contributed by atoms with E-state index in [1.165, 1.54) is 0 Å². The average Bonchev–Trinajstić information content (AvgIpc) is 3.39. The minimum atomic E-state index is 0.267. The van der Waals surface area contributed by atoms with Gasteiger partial charge in [-0.2, -0.15) is 42.1 Å². The highest BCUT2D eigenvalue weighted by Gasteiger charge is 2.10. The van der Waals surface area contributed by atoms with E-state index in [1.54, 1.807) is 72.8 Å². The number of hydrogen-bond donors (Lipinski definition) is 0. The largest absolute Gasteiger partial charge is 0.457 e. The second-order valence-electron chi connectivity index (χ2n) is 14.2. The van der Waals surface area contributed by atoms with Crippen molar-refractivity contribution in [1.82, 2.24) is 0 Å². The van der Waals surface area contributed by atoms with Crippen LogP contribution in [0.5, 0.6) is 46.0 Å². The zero-order valence-electron chi connectivity index (χ0n) is 35.4. The molecule has 0 unspecified atom stereocenters. The van der Waals surface area contributed by atoms with Crippen molar-refractivity contribution in [3.63, 3.8) is 0 Å². The van der Waals surface area contributed by atoms with E-state index in [0.29, 0.717) is 68.2 Å². The summed E-state index contributed by atoms with van der Waals surface area (Å²) in [5.74, 6) is 4.33. The van der Waals surface area contributed by atoms with Gasteiger partial charge >= 0.3 is 0 Å². The molecule has 0 aliphatic carbocycles. The van der Waals surface area contributed by atoms with Crippen molar-refractivity contribution < 1.29 is 18.9 Å². The normalized spacial score (nSPS) is 9.65. The monoisotopic (exact) mass is 876 g/mol. The third-order valence-electron chi connectivity index (χ3n) is 9.95. The van der Waals surface area contributed by atoms with Gasteiger partial charge in [0.1, 0.15) is 94.5 Å². The summed E-state index contributed by atoms with van der Waals surface area (Å²) in [5, 5.41) is 72.8. The Bertz CT molecular complexity index is 3060. The smallest absolute Gasteiger partial charge is 0.128 e. The predicted molar refractivity (Wildman–Crippen MR) is 248 cm³/mol. The summed E-state index contributed by atoms with van der Waals surface area (Å²) in [5.41, 5.74) is 6.20. The first-order valence-electron chi connectivity index (χ1n) is 20.2. The van der Waals surface area contributed by atoms with Crippen LogP contribution in [-0.4, -0.2) is 0 Å². The molecule has 8 aromatic rings. The van der Waals surface area contributed by atoms with Gasteiger partial charge in [-0.05, 0) is 144 Å². The van der Waals surface area contributed by atoms with Gasteiger partial charge in [0.2, 0.25) is 0 Å². The lowest BCUT2D eigenvalue weighted by atomic mass is 10.1. The van der Waals surface area contributed by atoms with E-state index in [2.05, 4.69) is 0 Å². The second-order valence-corrected chi connectivity index (χ2v) is 14.2. The third kappa shape index (κ3) is 10.9. The molecule has 8 aromatic carbocycles. The molecule has 0 saturated carbocycles. The summed E-state index contributed by atoms with van der Waals surface area (Å²) >= 11 is 0. The van der Waals surface area contributed by atoms with Gasteiger partial charge in [0, 0.05) is 0 Å². The summed E-state index contributed by atoms with van der Waals surface area (Å²) in [6.07, 6.45) is 0. The number of nitriles is 8. The maximum atomic E-state index is 9.16. The third-order valence-corrected chi connectivity index (χ3v) is 9.95. The van der Waals surface area contributed by atoms with E-state index < -0.39 is 0 Å². The Kier molecular flexibility index (Phi) is 14.1. The molecule has 8 rings (SSSR count). The summed E-state index contributed by atoms with van der Waals surface area (Å²) in [4.78, 5) is 0. The maximum Gasteiger partial charge on any atom is 0.128 e. The van der Waals surface area contributed by atoms with E-state index in [-0.39, 0.29) is 22.3 Å².